The Kier molecular flexibility index (Phi) is 8.97. The molecule has 0 amide bonds. The minimum absolute atomic E-state index is 0. The van der Waals surface area contributed by atoms with Crippen LogP contribution in [0.2, 0.25) is 0 Å². The van der Waals surface area contributed by atoms with Crippen molar-refractivity contribution in [1.82, 2.24) is 19.3 Å². The summed E-state index contributed by atoms with van der Waals surface area (Å²) in [6, 6.07) is 38.5. The molecule has 4 aromatic carbocycles. The fourth-order valence-electron chi connectivity index (χ4n) is 6.31. The van der Waals surface area contributed by atoms with Gasteiger partial charge in [-0.15, -0.1) is 35.7 Å². The van der Waals surface area contributed by atoms with Gasteiger partial charge in [0.25, 0.3) is 0 Å². The van der Waals surface area contributed by atoms with E-state index in [2.05, 4.69) is 105 Å². The monoisotopic (exact) mass is 783 g/mol. The van der Waals surface area contributed by atoms with Gasteiger partial charge in [-0.1, -0.05) is 68.8 Å². The topological polar surface area (TPSA) is 44.9 Å². The average Bonchev–Trinajstić information content (AvgIpc) is 3.53. The number of aromatic nitrogens is 4. The molecule has 3 aromatic heterocycles. The normalized spacial score (nSPS) is 11.3. The number of benzene rings is 4. The standard InChI is InChI=1S/C40H36N4O.Pt/c1-6-29-15-18-37-36(22-29)35-17-16-34(25-38(35)43(37)39-23-30(19-20-41-39)21-26(2)3)45-33-14-10-13-32(24-33)44-28(5)40(27(4)42-44)31-11-8-7-9-12-31;/h7-20,22-23,26H,6,21H2,1-5H3;/q-2;+2. The SMILES string of the molecule is CCc1ccc2c(c1)c1ccc(Oc3[c-]c(-n4nc(C)c(-c5ccccc5)c4C)ccc3)[c-]c1n2-c1cc(CC(C)C)ccn1.[Pt+2]. The second-order valence-electron chi connectivity index (χ2n) is 12.1. The molecule has 0 N–H and O–H groups in total. The third-order valence-electron chi connectivity index (χ3n) is 8.36. The Morgan fingerprint density at radius 3 is 2.39 bits per heavy atom. The van der Waals surface area contributed by atoms with E-state index in [9.17, 15) is 0 Å². The summed E-state index contributed by atoms with van der Waals surface area (Å²) < 4.78 is 10.6. The summed E-state index contributed by atoms with van der Waals surface area (Å²) in [5, 5.41) is 7.18. The van der Waals surface area contributed by atoms with Gasteiger partial charge in [-0.25, -0.2) is 4.98 Å². The van der Waals surface area contributed by atoms with Crippen molar-refractivity contribution in [3.63, 3.8) is 0 Å². The fraction of sp³-hybridized carbons (Fsp3) is 0.200. The summed E-state index contributed by atoms with van der Waals surface area (Å²) in [4.78, 5) is 4.82. The van der Waals surface area contributed by atoms with Crippen LogP contribution in [0.15, 0.2) is 97.2 Å². The number of rotatable bonds is 8. The predicted molar refractivity (Wildman–Crippen MR) is 183 cm³/mol. The Bertz CT molecular complexity index is 2160. The van der Waals surface area contributed by atoms with Crippen LogP contribution in [0.25, 0.3) is 44.4 Å². The molecule has 0 aliphatic rings. The van der Waals surface area contributed by atoms with Gasteiger partial charge in [0.05, 0.1) is 5.69 Å². The van der Waals surface area contributed by atoms with Crippen molar-refractivity contribution in [2.75, 3.05) is 0 Å². The average molecular weight is 784 g/mol. The predicted octanol–water partition coefficient (Wildman–Crippen LogP) is 9.80. The molecule has 232 valence electrons. The zero-order chi connectivity index (χ0) is 31.1. The third-order valence-corrected chi connectivity index (χ3v) is 8.36. The van der Waals surface area contributed by atoms with E-state index < -0.39 is 0 Å². The van der Waals surface area contributed by atoms with Crippen molar-refractivity contribution in [1.29, 1.82) is 0 Å². The van der Waals surface area contributed by atoms with Crippen LogP contribution in [0.4, 0.5) is 0 Å². The van der Waals surface area contributed by atoms with Gasteiger partial charge in [0, 0.05) is 34.5 Å². The first-order chi connectivity index (χ1) is 21.9. The zero-order valence-corrected chi connectivity index (χ0v) is 29.0. The molecule has 0 aliphatic carbocycles. The van der Waals surface area contributed by atoms with Crippen molar-refractivity contribution in [3.8, 4) is 34.1 Å². The number of aryl methyl sites for hydroxylation is 2. The van der Waals surface area contributed by atoms with Crippen LogP contribution in [0.3, 0.4) is 0 Å². The maximum absolute atomic E-state index is 6.43. The largest absolute Gasteiger partial charge is 2.00 e. The molecule has 0 fully saturated rings. The van der Waals surface area contributed by atoms with Crippen LogP contribution in [-0.2, 0) is 33.9 Å². The maximum Gasteiger partial charge on any atom is 2.00 e. The summed E-state index contributed by atoms with van der Waals surface area (Å²) in [7, 11) is 0. The molecule has 6 heteroatoms. The molecule has 0 saturated heterocycles. The summed E-state index contributed by atoms with van der Waals surface area (Å²) in [5.41, 5.74) is 9.76. The molecule has 7 rings (SSSR count). The first-order valence-electron chi connectivity index (χ1n) is 15.7. The van der Waals surface area contributed by atoms with E-state index in [1.54, 1.807) is 0 Å². The minimum atomic E-state index is 0. The zero-order valence-electron chi connectivity index (χ0n) is 26.7. The molecule has 0 atom stereocenters. The van der Waals surface area contributed by atoms with Gasteiger partial charge in [0.2, 0.25) is 0 Å². The van der Waals surface area contributed by atoms with E-state index in [-0.39, 0.29) is 21.1 Å². The number of hydrogen-bond acceptors (Lipinski definition) is 3. The maximum atomic E-state index is 6.43. The molecule has 46 heavy (non-hydrogen) atoms. The Hall–Kier alpha value is -4.47. The van der Waals surface area contributed by atoms with Crippen LogP contribution in [0, 0.1) is 31.9 Å². The van der Waals surface area contributed by atoms with Crippen LogP contribution in [0.5, 0.6) is 11.5 Å². The molecule has 7 aromatic rings. The summed E-state index contributed by atoms with van der Waals surface area (Å²) >= 11 is 0. The van der Waals surface area contributed by atoms with Crippen molar-refractivity contribution in [3.05, 3.63) is 132 Å². The van der Waals surface area contributed by atoms with Crippen molar-refractivity contribution in [2.24, 2.45) is 5.92 Å². The van der Waals surface area contributed by atoms with Gasteiger partial charge in [-0.05, 0) is 78.6 Å². The molecule has 0 saturated carbocycles. The van der Waals surface area contributed by atoms with Gasteiger partial charge < -0.3 is 9.30 Å². The first kappa shape index (κ1) is 31.5. The van der Waals surface area contributed by atoms with Gasteiger partial charge in [0.1, 0.15) is 5.82 Å². The molecule has 0 aliphatic heterocycles. The van der Waals surface area contributed by atoms with Crippen LogP contribution in [0.1, 0.15) is 43.3 Å². The summed E-state index contributed by atoms with van der Waals surface area (Å²) in [6.07, 6.45) is 3.89. The second-order valence-corrected chi connectivity index (χ2v) is 12.1. The molecule has 3 heterocycles. The van der Waals surface area contributed by atoms with E-state index in [4.69, 9.17) is 14.8 Å². The Morgan fingerprint density at radius 2 is 1.61 bits per heavy atom. The van der Waals surface area contributed by atoms with Crippen LogP contribution >= 0.6 is 0 Å². The van der Waals surface area contributed by atoms with Gasteiger partial charge in [-0.3, -0.25) is 4.68 Å². The molecule has 0 radical (unpaired) electrons. The molecule has 5 nitrogen and oxygen atoms in total. The Balaban J connectivity index is 0.00000372. The van der Waals surface area contributed by atoms with Crippen molar-refractivity contribution in [2.45, 2.75) is 47.5 Å². The van der Waals surface area contributed by atoms with Crippen molar-refractivity contribution < 1.29 is 25.8 Å². The van der Waals surface area contributed by atoms with E-state index in [0.29, 0.717) is 17.4 Å². The second kappa shape index (κ2) is 13.1. The third kappa shape index (κ3) is 5.92. The van der Waals surface area contributed by atoms with E-state index in [1.807, 2.05) is 48.1 Å². The van der Waals surface area contributed by atoms with Gasteiger partial charge >= 0.3 is 21.1 Å². The van der Waals surface area contributed by atoms with Crippen LogP contribution < -0.4 is 4.74 Å². The summed E-state index contributed by atoms with van der Waals surface area (Å²) in [5.74, 6) is 2.67. The molecule has 0 spiro atoms. The molecule has 0 bridgehead atoms. The minimum Gasteiger partial charge on any atom is -0.509 e. The number of nitrogens with zero attached hydrogens (tertiary/aromatic N) is 4. The summed E-state index contributed by atoms with van der Waals surface area (Å²) in [6.45, 7) is 10.8. The number of pyridine rings is 1. The molecular formula is C40H36N4OPt. The van der Waals surface area contributed by atoms with Crippen molar-refractivity contribution >= 4 is 21.8 Å². The quantitative estimate of drug-likeness (QED) is 0.144. The van der Waals surface area contributed by atoms with E-state index in [1.165, 1.54) is 16.5 Å². The van der Waals surface area contributed by atoms with Gasteiger partial charge in [0.15, 0.2) is 0 Å². The van der Waals surface area contributed by atoms with Gasteiger partial charge in [-0.2, -0.15) is 17.2 Å². The first-order valence-corrected chi connectivity index (χ1v) is 15.7. The number of ether oxygens (including phenoxy) is 1. The number of fused-ring (bicyclic) bond motifs is 3. The molecule has 0 unspecified atom stereocenters. The fourth-order valence-corrected chi connectivity index (χ4v) is 6.31. The number of hydrogen-bond donors (Lipinski definition) is 0. The van der Waals surface area contributed by atoms with Crippen LogP contribution in [-0.4, -0.2) is 19.3 Å². The Morgan fingerprint density at radius 1 is 0.804 bits per heavy atom. The molecular weight excluding hydrogens is 748 g/mol. The van der Waals surface area contributed by atoms with E-state index in [0.717, 1.165) is 63.3 Å². The van der Waals surface area contributed by atoms with E-state index >= 15 is 0 Å². The smallest absolute Gasteiger partial charge is 0.509 e. The Labute approximate surface area is 285 Å².